The lowest BCUT2D eigenvalue weighted by molar-refractivity contribution is -0.146. The fourth-order valence-electron chi connectivity index (χ4n) is 1.39. The third-order valence-corrected chi connectivity index (χ3v) is 3.21. The van der Waals surface area contributed by atoms with E-state index >= 15 is 0 Å². The van der Waals surface area contributed by atoms with Crippen LogP contribution in [0.25, 0.3) is 11.1 Å². The van der Waals surface area contributed by atoms with Crippen molar-refractivity contribution in [3.63, 3.8) is 0 Å². The zero-order valence-electron chi connectivity index (χ0n) is 10.3. The third kappa shape index (κ3) is 3.72. The van der Waals surface area contributed by atoms with Crippen LogP contribution in [-0.4, -0.2) is 45.5 Å². The summed E-state index contributed by atoms with van der Waals surface area (Å²) in [7, 11) is 0. The number of aliphatic carboxylic acids is 1. The zero-order chi connectivity index (χ0) is 14.5. The zero-order valence-corrected chi connectivity index (χ0v) is 11.1. The van der Waals surface area contributed by atoms with Gasteiger partial charge in [0.25, 0.3) is 5.22 Å². The van der Waals surface area contributed by atoms with Crippen LogP contribution in [0.5, 0.6) is 0 Å². The van der Waals surface area contributed by atoms with Gasteiger partial charge in [-0.2, -0.15) is 0 Å². The number of carbonyl (C=O) groups excluding carboxylic acids is 1. The lowest BCUT2D eigenvalue weighted by Gasteiger charge is -2.06. The summed E-state index contributed by atoms with van der Waals surface area (Å²) in [5, 5.41) is 20.1. The predicted octanol–water partition coefficient (Wildman–Crippen LogP) is 0.482. The maximum absolute atomic E-state index is 11.5. The van der Waals surface area contributed by atoms with Crippen molar-refractivity contribution in [3.05, 3.63) is 24.3 Å². The topological polar surface area (TPSA) is 113 Å². The van der Waals surface area contributed by atoms with Crippen LogP contribution in [-0.2, 0) is 9.59 Å². The van der Waals surface area contributed by atoms with Crippen LogP contribution in [0.2, 0.25) is 0 Å². The molecular weight excluding hydrogens is 284 g/mol. The van der Waals surface area contributed by atoms with Gasteiger partial charge in [-0.05, 0) is 12.1 Å². The molecule has 0 saturated carbocycles. The fraction of sp³-hybridized carbons (Fsp3) is 0.250. The molecule has 0 unspecified atom stereocenters. The second-order valence-corrected chi connectivity index (χ2v) is 4.82. The number of oxazole rings is 1. The maximum atomic E-state index is 11.5. The van der Waals surface area contributed by atoms with E-state index in [0.29, 0.717) is 16.3 Å². The first-order chi connectivity index (χ1) is 9.56. The van der Waals surface area contributed by atoms with Crippen LogP contribution in [0.3, 0.4) is 0 Å². The van der Waals surface area contributed by atoms with Crippen molar-refractivity contribution in [1.82, 2.24) is 10.3 Å². The number of fused-ring (bicyclic) bond motifs is 1. The summed E-state index contributed by atoms with van der Waals surface area (Å²) < 4.78 is 5.41. The molecule has 2 aromatic rings. The molecule has 1 atom stereocenters. The summed E-state index contributed by atoms with van der Waals surface area (Å²) in [5.74, 6) is -1.76. The molecule has 0 radical (unpaired) electrons. The fourth-order valence-corrected chi connectivity index (χ4v) is 2.06. The second-order valence-electron chi connectivity index (χ2n) is 3.89. The number of hydrogen-bond donors (Lipinski definition) is 3. The Labute approximate surface area is 118 Å². The number of thioether (sulfide) groups is 1. The standard InChI is InChI=1S/C12H12N2O5S/c15-8(11(17)18)5-13-10(16)6-20-12-14-7-3-1-2-4-9(7)19-12/h1-4,8,15H,5-6H2,(H,13,16)(H,17,18)/t8-/m0/s1. The Balaban J connectivity index is 1.82. The maximum Gasteiger partial charge on any atom is 0.334 e. The van der Waals surface area contributed by atoms with Crippen LogP contribution in [0.15, 0.2) is 33.9 Å². The molecule has 0 spiro atoms. The minimum Gasteiger partial charge on any atom is -0.479 e. The number of nitrogens with zero attached hydrogens (tertiary/aromatic N) is 1. The number of benzene rings is 1. The molecule has 0 fully saturated rings. The number of carboxylic acids is 1. The molecule has 7 nitrogen and oxygen atoms in total. The molecule has 1 aromatic heterocycles. The normalized spacial score (nSPS) is 12.2. The number of carbonyl (C=O) groups is 2. The van der Waals surface area contributed by atoms with Gasteiger partial charge in [0.2, 0.25) is 5.91 Å². The Bertz CT molecular complexity index is 594. The highest BCUT2D eigenvalue weighted by Gasteiger charge is 2.15. The van der Waals surface area contributed by atoms with E-state index in [1.54, 1.807) is 12.1 Å². The molecule has 8 heteroatoms. The van der Waals surface area contributed by atoms with Crippen molar-refractivity contribution in [3.8, 4) is 0 Å². The van der Waals surface area contributed by atoms with Gasteiger partial charge in [-0.1, -0.05) is 23.9 Å². The van der Waals surface area contributed by atoms with Gasteiger partial charge in [0, 0.05) is 0 Å². The highest BCUT2D eigenvalue weighted by Crippen LogP contribution is 2.22. The Morgan fingerprint density at radius 1 is 1.40 bits per heavy atom. The summed E-state index contributed by atoms with van der Waals surface area (Å²) in [6, 6.07) is 7.23. The van der Waals surface area contributed by atoms with Gasteiger partial charge in [0.15, 0.2) is 11.7 Å². The van der Waals surface area contributed by atoms with Crippen LogP contribution in [0, 0.1) is 0 Å². The van der Waals surface area contributed by atoms with Gasteiger partial charge in [-0.15, -0.1) is 0 Å². The molecule has 0 saturated heterocycles. The van der Waals surface area contributed by atoms with E-state index in [4.69, 9.17) is 14.6 Å². The number of carboxylic acid groups (broad SMARTS) is 1. The summed E-state index contributed by atoms with van der Waals surface area (Å²) in [5.41, 5.74) is 1.34. The van der Waals surface area contributed by atoms with Crippen molar-refractivity contribution in [2.24, 2.45) is 0 Å². The van der Waals surface area contributed by atoms with Crippen molar-refractivity contribution < 1.29 is 24.2 Å². The van der Waals surface area contributed by atoms with Gasteiger partial charge in [0.1, 0.15) is 5.52 Å². The van der Waals surface area contributed by atoms with Crippen molar-refractivity contribution in [1.29, 1.82) is 0 Å². The molecule has 1 heterocycles. The number of para-hydroxylation sites is 2. The Morgan fingerprint density at radius 2 is 2.15 bits per heavy atom. The Kier molecular flexibility index (Phi) is 4.59. The van der Waals surface area contributed by atoms with Gasteiger partial charge in [0.05, 0.1) is 12.3 Å². The molecule has 3 N–H and O–H groups in total. The predicted molar refractivity (Wildman–Crippen MR) is 71.4 cm³/mol. The molecule has 2 rings (SSSR count). The summed E-state index contributed by atoms with van der Waals surface area (Å²) >= 11 is 1.10. The second kappa shape index (κ2) is 6.40. The molecule has 20 heavy (non-hydrogen) atoms. The summed E-state index contributed by atoms with van der Waals surface area (Å²) in [4.78, 5) is 26.0. The first kappa shape index (κ1) is 14.4. The lowest BCUT2D eigenvalue weighted by atomic mass is 10.3. The molecule has 106 valence electrons. The van der Waals surface area contributed by atoms with E-state index in [-0.39, 0.29) is 12.3 Å². The molecule has 1 aromatic carbocycles. The quantitative estimate of drug-likeness (QED) is 0.664. The Morgan fingerprint density at radius 3 is 2.85 bits per heavy atom. The lowest BCUT2D eigenvalue weighted by Crippen LogP contribution is -2.37. The summed E-state index contributed by atoms with van der Waals surface area (Å²) in [6.45, 7) is -0.331. The molecule has 0 aliphatic heterocycles. The molecule has 1 amide bonds. The van der Waals surface area contributed by atoms with E-state index in [1.807, 2.05) is 12.1 Å². The van der Waals surface area contributed by atoms with E-state index < -0.39 is 18.0 Å². The van der Waals surface area contributed by atoms with Crippen molar-refractivity contribution in [2.45, 2.75) is 11.3 Å². The van der Waals surface area contributed by atoms with Gasteiger partial charge in [-0.25, -0.2) is 9.78 Å². The van der Waals surface area contributed by atoms with Crippen molar-refractivity contribution in [2.75, 3.05) is 12.3 Å². The van der Waals surface area contributed by atoms with Gasteiger partial charge >= 0.3 is 5.97 Å². The SMILES string of the molecule is O=C(CSc1nc2ccccc2o1)NC[C@H](O)C(=O)O. The van der Waals surface area contributed by atoms with Crippen LogP contribution >= 0.6 is 11.8 Å². The average molecular weight is 296 g/mol. The number of amides is 1. The average Bonchev–Trinajstić information content (AvgIpc) is 2.85. The minimum absolute atomic E-state index is 0.0269. The number of nitrogens with one attached hydrogen (secondary N) is 1. The van der Waals surface area contributed by atoms with E-state index in [2.05, 4.69) is 10.3 Å². The number of aliphatic hydroxyl groups is 1. The highest BCUT2D eigenvalue weighted by atomic mass is 32.2. The van der Waals surface area contributed by atoms with Crippen molar-refractivity contribution >= 4 is 34.7 Å². The Hall–Kier alpha value is -2.06. The van der Waals surface area contributed by atoms with Crippen LogP contribution in [0.1, 0.15) is 0 Å². The van der Waals surface area contributed by atoms with E-state index in [1.165, 1.54) is 0 Å². The number of aliphatic hydroxyl groups excluding tert-OH is 1. The van der Waals surface area contributed by atoms with Gasteiger partial charge in [-0.3, -0.25) is 4.79 Å². The number of aromatic nitrogens is 1. The minimum atomic E-state index is -1.60. The smallest absolute Gasteiger partial charge is 0.334 e. The first-order valence-corrected chi connectivity index (χ1v) is 6.71. The molecule has 0 aliphatic carbocycles. The highest BCUT2D eigenvalue weighted by molar-refractivity contribution is 7.99. The number of rotatable bonds is 6. The van der Waals surface area contributed by atoms with Crippen LogP contribution < -0.4 is 5.32 Å². The van der Waals surface area contributed by atoms with Crippen LogP contribution in [0.4, 0.5) is 0 Å². The molecule has 0 aliphatic rings. The molecular formula is C12H12N2O5S. The van der Waals surface area contributed by atoms with E-state index in [9.17, 15) is 9.59 Å². The first-order valence-electron chi connectivity index (χ1n) is 5.72. The largest absolute Gasteiger partial charge is 0.479 e. The third-order valence-electron chi connectivity index (χ3n) is 2.38. The van der Waals surface area contributed by atoms with Gasteiger partial charge < -0.3 is 19.9 Å². The number of hydrogen-bond acceptors (Lipinski definition) is 6. The molecule has 0 bridgehead atoms. The summed E-state index contributed by atoms with van der Waals surface area (Å²) in [6.07, 6.45) is -1.60. The monoisotopic (exact) mass is 296 g/mol. The van der Waals surface area contributed by atoms with E-state index in [0.717, 1.165) is 11.8 Å².